The molecule has 0 bridgehead atoms. The van der Waals surface area contributed by atoms with E-state index in [1.165, 1.54) is 30.8 Å². The first-order valence-electron chi connectivity index (χ1n) is 10.0. The molecule has 5 rings (SSSR count). The summed E-state index contributed by atoms with van der Waals surface area (Å²) in [7, 11) is 0. The second kappa shape index (κ2) is 7.65. The highest BCUT2D eigenvalue weighted by atomic mass is 19.4. The topological polar surface area (TPSA) is 51.8 Å². The summed E-state index contributed by atoms with van der Waals surface area (Å²) in [6.07, 6.45) is 7.85. The number of pyridine rings is 1. The molecule has 1 aliphatic carbocycles. The molecule has 0 amide bonds. The second-order valence-electron chi connectivity index (χ2n) is 7.64. The first-order chi connectivity index (χ1) is 15.0. The lowest BCUT2D eigenvalue weighted by atomic mass is 10.0. The second-order valence-corrected chi connectivity index (χ2v) is 7.64. The number of alkyl halides is 3. The van der Waals surface area contributed by atoms with Gasteiger partial charge in [0.2, 0.25) is 5.82 Å². The molecular formula is C24H18F3N3O. The predicted octanol–water partition coefficient (Wildman–Crippen LogP) is 6.44. The van der Waals surface area contributed by atoms with Gasteiger partial charge in [-0.1, -0.05) is 24.3 Å². The summed E-state index contributed by atoms with van der Waals surface area (Å²) in [6, 6.07) is 10.3. The molecule has 31 heavy (non-hydrogen) atoms. The SMILES string of the molecule is FC(F)(F)c1ncc(C/C=C/c2oc(-c3cccc(C4CC4)c3)c3cnccc23)cn1. The first-order valence-corrected chi connectivity index (χ1v) is 10.0. The summed E-state index contributed by atoms with van der Waals surface area (Å²) in [5, 5.41) is 1.86. The molecule has 7 heteroatoms. The molecule has 4 nitrogen and oxygen atoms in total. The quantitative estimate of drug-likeness (QED) is 0.372. The molecule has 1 aromatic carbocycles. The van der Waals surface area contributed by atoms with E-state index in [1.807, 2.05) is 30.4 Å². The molecule has 0 radical (unpaired) electrons. The Morgan fingerprint density at radius 1 is 1.03 bits per heavy atom. The van der Waals surface area contributed by atoms with Crippen LogP contribution in [0.2, 0.25) is 0 Å². The Labute approximate surface area is 176 Å². The lowest BCUT2D eigenvalue weighted by Gasteiger charge is -2.04. The summed E-state index contributed by atoms with van der Waals surface area (Å²) < 4.78 is 44.0. The third-order valence-corrected chi connectivity index (χ3v) is 5.32. The van der Waals surface area contributed by atoms with E-state index < -0.39 is 12.0 Å². The number of furan rings is 1. The van der Waals surface area contributed by atoms with Gasteiger partial charge < -0.3 is 4.42 Å². The van der Waals surface area contributed by atoms with E-state index >= 15 is 0 Å². The number of benzene rings is 1. The smallest absolute Gasteiger partial charge is 0.451 e. The van der Waals surface area contributed by atoms with Gasteiger partial charge in [-0.15, -0.1) is 0 Å². The van der Waals surface area contributed by atoms with Crippen molar-refractivity contribution in [1.29, 1.82) is 0 Å². The largest absolute Gasteiger partial charge is 0.455 e. The van der Waals surface area contributed by atoms with Crippen molar-refractivity contribution in [2.75, 3.05) is 0 Å². The summed E-state index contributed by atoms with van der Waals surface area (Å²) in [5.41, 5.74) is 2.92. The zero-order chi connectivity index (χ0) is 21.4. The van der Waals surface area contributed by atoms with Crippen LogP contribution < -0.4 is 0 Å². The van der Waals surface area contributed by atoms with Gasteiger partial charge in [0.25, 0.3) is 0 Å². The number of hydrogen-bond donors (Lipinski definition) is 0. The lowest BCUT2D eigenvalue weighted by Crippen LogP contribution is -2.10. The van der Waals surface area contributed by atoms with Crippen molar-refractivity contribution in [1.82, 2.24) is 15.0 Å². The Balaban J connectivity index is 1.42. The monoisotopic (exact) mass is 421 g/mol. The van der Waals surface area contributed by atoms with Gasteiger partial charge in [-0.25, -0.2) is 9.97 Å². The normalized spacial score (nSPS) is 14.5. The number of aromatic nitrogens is 3. The van der Waals surface area contributed by atoms with Crippen molar-refractivity contribution < 1.29 is 17.6 Å². The Kier molecular flexibility index (Phi) is 4.81. The van der Waals surface area contributed by atoms with Gasteiger partial charge in [0.15, 0.2) is 0 Å². The number of allylic oxidation sites excluding steroid dienone is 1. The molecule has 3 heterocycles. The van der Waals surface area contributed by atoms with Crippen LogP contribution in [0.15, 0.2) is 65.6 Å². The van der Waals surface area contributed by atoms with Crippen molar-refractivity contribution in [2.24, 2.45) is 0 Å². The molecule has 1 fully saturated rings. The zero-order valence-corrected chi connectivity index (χ0v) is 16.4. The molecule has 1 aliphatic rings. The number of fused-ring (bicyclic) bond motifs is 1. The number of rotatable bonds is 5. The van der Waals surface area contributed by atoms with Gasteiger partial charge in [-0.3, -0.25) is 4.98 Å². The number of halogens is 3. The zero-order valence-electron chi connectivity index (χ0n) is 16.4. The highest BCUT2D eigenvalue weighted by Gasteiger charge is 2.34. The summed E-state index contributed by atoms with van der Waals surface area (Å²) >= 11 is 0. The molecule has 4 aromatic rings. The molecular weight excluding hydrogens is 403 g/mol. The highest BCUT2D eigenvalue weighted by molar-refractivity contribution is 5.98. The van der Waals surface area contributed by atoms with Gasteiger partial charge in [0.1, 0.15) is 11.5 Å². The average molecular weight is 421 g/mol. The fourth-order valence-corrected chi connectivity index (χ4v) is 3.61. The van der Waals surface area contributed by atoms with E-state index in [-0.39, 0.29) is 0 Å². The van der Waals surface area contributed by atoms with Crippen LogP contribution in [0.25, 0.3) is 28.2 Å². The van der Waals surface area contributed by atoms with E-state index in [0.717, 1.165) is 22.1 Å². The van der Waals surface area contributed by atoms with Crippen LogP contribution in [0, 0.1) is 0 Å². The fraction of sp³-hybridized carbons (Fsp3) is 0.208. The molecule has 156 valence electrons. The standard InChI is InChI=1S/C24H18F3N3O/c25-24(26,27)23-29-12-15(13-30-23)3-1-6-21-19-9-10-28-14-20(19)22(31-21)18-5-2-4-17(11-18)16-7-8-16/h1-2,4-6,9-14,16H,3,7-8H2/b6-1+. The molecule has 0 saturated heterocycles. The molecule has 0 atom stereocenters. The van der Waals surface area contributed by atoms with Gasteiger partial charge in [-0.05, 0) is 54.5 Å². The first kappa shape index (κ1) is 19.5. The van der Waals surface area contributed by atoms with Gasteiger partial charge in [0.05, 0.1) is 0 Å². The van der Waals surface area contributed by atoms with Crippen molar-refractivity contribution in [3.8, 4) is 11.3 Å². The Bertz CT molecular complexity index is 1260. The summed E-state index contributed by atoms with van der Waals surface area (Å²) in [5.74, 6) is 0.951. The molecule has 0 unspecified atom stereocenters. The minimum atomic E-state index is -4.54. The van der Waals surface area contributed by atoms with Crippen LogP contribution in [0.5, 0.6) is 0 Å². The van der Waals surface area contributed by atoms with Crippen LogP contribution in [-0.2, 0) is 12.6 Å². The number of hydrogen-bond acceptors (Lipinski definition) is 4. The van der Waals surface area contributed by atoms with Crippen molar-refractivity contribution >= 4 is 16.8 Å². The highest BCUT2D eigenvalue weighted by Crippen LogP contribution is 2.42. The van der Waals surface area contributed by atoms with E-state index in [0.29, 0.717) is 23.7 Å². The van der Waals surface area contributed by atoms with Crippen LogP contribution in [-0.4, -0.2) is 15.0 Å². The minimum absolute atomic E-state index is 0.387. The van der Waals surface area contributed by atoms with Crippen LogP contribution in [0.3, 0.4) is 0 Å². The summed E-state index contributed by atoms with van der Waals surface area (Å²) in [4.78, 5) is 11.0. The molecule has 0 aliphatic heterocycles. The van der Waals surface area contributed by atoms with E-state index in [9.17, 15) is 13.2 Å². The fourth-order valence-electron chi connectivity index (χ4n) is 3.61. The van der Waals surface area contributed by atoms with Gasteiger partial charge in [-0.2, -0.15) is 13.2 Å². The third-order valence-electron chi connectivity index (χ3n) is 5.32. The maximum atomic E-state index is 12.6. The lowest BCUT2D eigenvalue weighted by molar-refractivity contribution is -0.145. The van der Waals surface area contributed by atoms with Crippen LogP contribution in [0.4, 0.5) is 13.2 Å². The average Bonchev–Trinajstić information content (AvgIpc) is 3.56. The van der Waals surface area contributed by atoms with E-state index in [2.05, 4.69) is 27.1 Å². The third kappa shape index (κ3) is 4.08. The molecule has 3 aromatic heterocycles. The number of nitrogens with zero attached hydrogens (tertiary/aromatic N) is 3. The summed E-state index contributed by atoms with van der Waals surface area (Å²) in [6.45, 7) is 0. The molecule has 0 N–H and O–H groups in total. The Hall–Kier alpha value is -3.48. The Morgan fingerprint density at radius 2 is 1.84 bits per heavy atom. The van der Waals surface area contributed by atoms with E-state index in [4.69, 9.17) is 4.42 Å². The Morgan fingerprint density at radius 3 is 2.58 bits per heavy atom. The van der Waals surface area contributed by atoms with Crippen molar-refractivity contribution in [3.63, 3.8) is 0 Å². The molecule has 0 spiro atoms. The van der Waals surface area contributed by atoms with Gasteiger partial charge >= 0.3 is 6.18 Å². The predicted molar refractivity (Wildman–Crippen MR) is 111 cm³/mol. The van der Waals surface area contributed by atoms with E-state index in [1.54, 1.807) is 12.4 Å². The minimum Gasteiger partial charge on any atom is -0.455 e. The van der Waals surface area contributed by atoms with Gasteiger partial charge in [0, 0.05) is 41.1 Å². The van der Waals surface area contributed by atoms with Crippen LogP contribution >= 0.6 is 0 Å². The maximum absolute atomic E-state index is 12.6. The molecule has 1 saturated carbocycles. The van der Waals surface area contributed by atoms with Crippen molar-refractivity contribution in [2.45, 2.75) is 31.4 Å². The van der Waals surface area contributed by atoms with Crippen LogP contribution in [0.1, 0.15) is 41.5 Å². The van der Waals surface area contributed by atoms with Crippen molar-refractivity contribution in [3.05, 3.63) is 83.9 Å². The maximum Gasteiger partial charge on any atom is 0.451 e.